The number of pyridine rings is 4. The number of aldehydes is 1. The van der Waals surface area contributed by atoms with Gasteiger partial charge in [0.2, 0.25) is 0 Å². The second-order valence-electron chi connectivity index (χ2n) is 10.2. The molecule has 0 saturated carbocycles. The van der Waals surface area contributed by atoms with Crippen molar-refractivity contribution in [2.24, 2.45) is 5.16 Å². The highest BCUT2D eigenvalue weighted by molar-refractivity contribution is 6.10. The molecular weight excluding hydrogens is 646 g/mol. The Morgan fingerprint density at radius 2 is 1.14 bits per heavy atom. The van der Waals surface area contributed by atoms with E-state index in [1.54, 1.807) is 59.9 Å². The van der Waals surface area contributed by atoms with E-state index in [2.05, 4.69) is 25.1 Å². The van der Waals surface area contributed by atoms with E-state index in [1.165, 1.54) is 6.21 Å². The Labute approximate surface area is 288 Å². The number of rotatable bonds is 12. The molecule has 14 nitrogen and oxygen atoms in total. The number of fused-ring (bicyclic) bond motifs is 6. The first-order chi connectivity index (χ1) is 24.5. The van der Waals surface area contributed by atoms with Gasteiger partial charge in [-0.3, -0.25) is 14.8 Å². The second kappa shape index (κ2) is 18.7. The Kier molecular flexibility index (Phi) is 13.9. The summed E-state index contributed by atoms with van der Waals surface area (Å²) in [4.78, 5) is 28.9. The maximum absolute atomic E-state index is 11.2. The number of benzene rings is 2. The first kappa shape index (κ1) is 37.1. The number of hydrogen-bond acceptors (Lipinski definition) is 14. The molecule has 0 aliphatic heterocycles. The van der Waals surface area contributed by atoms with Crippen LogP contribution in [-0.2, 0) is 9.47 Å². The molecule has 0 spiro atoms. The summed E-state index contributed by atoms with van der Waals surface area (Å²) < 4.78 is 32.7. The van der Waals surface area contributed by atoms with Gasteiger partial charge in [0.1, 0.15) is 52.9 Å². The lowest BCUT2D eigenvalue weighted by atomic mass is 10.1. The van der Waals surface area contributed by atoms with Gasteiger partial charge in [0.05, 0.1) is 61.1 Å². The van der Waals surface area contributed by atoms with Crippen LogP contribution >= 0.6 is 0 Å². The number of ether oxygens (including phenoxy) is 6. The quantitative estimate of drug-likeness (QED) is 0.0427. The van der Waals surface area contributed by atoms with Crippen molar-refractivity contribution in [3.63, 3.8) is 0 Å². The zero-order valence-corrected chi connectivity index (χ0v) is 28.5. The maximum Gasteiger partial charge on any atom is 0.168 e. The fraction of sp³-hybridized carbons (Fsp3) is 0.278. The van der Waals surface area contributed by atoms with Crippen molar-refractivity contribution in [2.75, 3.05) is 61.5 Å². The molecule has 0 amide bonds. The van der Waals surface area contributed by atoms with E-state index < -0.39 is 0 Å². The number of aromatic nitrogens is 4. The third-order valence-corrected chi connectivity index (χ3v) is 7.04. The standard InChI is InChI=1S/C17H17N3O4.C17H16N2O4.C2H6O/c1-22-6-7-24-14-8-11-4-3-5-18-16(11)17-15(14)13(23-2)9-12(20-17)10-19-21;1-21-6-7-23-14-8-11-4-3-5-18-16(11)17-15(14)13(22-2)9-12(10-20)19-17;1-2-3/h3-5,8-10,21H,6-7H2,1-2H3;3-5,8-10H,6-7H2,1-2H3;3H,2H2,1H3/b19-10+;;. The Hall–Kier alpha value is -5.70. The largest absolute Gasteiger partial charge is 0.496 e. The molecule has 4 aromatic heterocycles. The van der Waals surface area contributed by atoms with Gasteiger partial charge in [0.25, 0.3) is 0 Å². The topological polar surface area (TPSA) is 177 Å². The van der Waals surface area contributed by atoms with Crippen LogP contribution in [0.5, 0.6) is 23.0 Å². The SMILES string of the molecule is CCO.COCCOc1cc2cccnc2c2nc(/C=N/O)cc(OC)c12.COCCOc1cc2cccnc2c2nc(C=O)cc(OC)c12. The summed E-state index contributed by atoms with van der Waals surface area (Å²) in [6.07, 6.45) is 5.33. The van der Waals surface area contributed by atoms with Crippen molar-refractivity contribution in [1.82, 2.24) is 19.9 Å². The van der Waals surface area contributed by atoms with Crippen LogP contribution in [0.2, 0.25) is 0 Å². The molecule has 0 aliphatic carbocycles. The Bertz CT molecular complexity index is 2070. The van der Waals surface area contributed by atoms with E-state index in [0.717, 1.165) is 21.7 Å². The van der Waals surface area contributed by atoms with Gasteiger partial charge in [-0.1, -0.05) is 17.3 Å². The normalized spacial score (nSPS) is 10.8. The Morgan fingerprint density at radius 1 is 0.680 bits per heavy atom. The zero-order valence-electron chi connectivity index (χ0n) is 28.5. The molecule has 0 unspecified atom stereocenters. The fourth-order valence-corrected chi connectivity index (χ4v) is 5.00. The summed E-state index contributed by atoms with van der Waals surface area (Å²) in [7, 11) is 6.35. The van der Waals surface area contributed by atoms with E-state index >= 15 is 0 Å². The summed E-state index contributed by atoms with van der Waals surface area (Å²) in [5.41, 5.74) is 3.37. The van der Waals surface area contributed by atoms with Crippen LogP contribution in [0.1, 0.15) is 23.1 Å². The molecule has 0 fully saturated rings. The number of methoxy groups -OCH3 is 4. The van der Waals surface area contributed by atoms with Crippen LogP contribution in [0.4, 0.5) is 0 Å². The summed E-state index contributed by atoms with van der Waals surface area (Å²) in [5.74, 6) is 2.35. The van der Waals surface area contributed by atoms with Gasteiger partial charge in [-0.2, -0.15) is 0 Å². The maximum atomic E-state index is 11.2. The van der Waals surface area contributed by atoms with Gasteiger partial charge in [-0.25, -0.2) is 9.97 Å². The smallest absolute Gasteiger partial charge is 0.168 e. The molecule has 2 N–H and O–H groups in total. The molecule has 0 saturated heterocycles. The Balaban J connectivity index is 0.000000209. The lowest BCUT2D eigenvalue weighted by molar-refractivity contribution is 0.111. The van der Waals surface area contributed by atoms with E-state index in [0.29, 0.717) is 83.3 Å². The van der Waals surface area contributed by atoms with Crippen molar-refractivity contribution in [3.8, 4) is 23.0 Å². The third-order valence-electron chi connectivity index (χ3n) is 7.04. The van der Waals surface area contributed by atoms with Crippen LogP contribution in [0.3, 0.4) is 0 Å². The lowest BCUT2D eigenvalue weighted by Crippen LogP contribution is -2.06. The third kappa shape index (κ3) is 8.66. The predicted octanol–water partition coefficient (Wildman–Crippen LogP) is 5.25. The molecule has 14 heteroatoms. The van der Waals surface area contributed by atoms with Crippen molar-refractivity contribution >= 4 is 56.1 Å². The molecule has 4 heterocycles. The number of carbonyl (C=O) groups is 1. The average Bonchev–Trinajstić information content (AvgIpc) is 3.14. The molecule has 6 rings (SSSR count). The summed E-state index contributed by atoms with van der Waals surface area (Å²) in [6, 6.07) is 14.6. The monoisotopic (exact) mass is 685 g/mol. The highest BCUT2D eigenvalue weighted by Crippen LogP contribution is 2.39. The first-order valence-corrected chi connectivity index (χ1v) is 15.5. The van der Waals surface area contributed by atoms with Crippen molar-refractivity contribution < 1.29 is 43.5 Å². The number of oxime groups is 1. The number of aliphatic hydroxyl groups is 1. The van der Waals surface area contributed by atoms with Gasteiger partial charge >= 0.3 is 0 Å². The van der Waals surface area contributed by atoms with Crippen LogP contribution in [0.15, 0.2) is 66.1 Å². The lowest BCUT2D eigenvalue weighted by Gasteiger charge is -2.14. The average molecular weight is 686 g/mol. The first-order valence-electron chi connectivity index (χ1n) is 15.5. The molecule has 50 heavy (non-hydrogen) atoms. The predicted molar refractivity (Wildman–Crippen MR) is 189 cm³/mol. The molecular formula is C36H39N5O9. The van der Waals surface area contributed by atoms with Gasteiger partial charge in [-0.15, -0.1) is 0 Å². The van der Waals surface area contributed by atoms with Crippen molar-refractivity contribution in [2.45, 2.75) is 6.92 Å². The number of hydrogen-bond donors (Lipinski definition) is 2. The van der Waals surface area contributed by atoms with Crippen molar-refractivity contribution in [1.29, 1.82) is 0 Å². The van der Waals surface area contributed by atoms with Gasteiger partial charge in [-0.05, 0) is 31.2 Å². The number of nitrogens with zero attached hydrogens (tertiary/aromatic N) is 5. The minimum atomic E-state index is 0.250. The summed E-state index contributed by atoms with van der Waals surface area (Å²) >= 11 is 0. The van der Waals surface area contributed by atoms with E-state index in [1.807, 2.05) is 36.4 Å². The highest BCUT2D eigenvalue weighted by atomic mass is 16.5. The van der Waals surface area contributed by atoms with Crippen LogP contribution in [0, 0.1) is 0 Å². The van der Waals surface area contributed by atoms with Gasteiger partial charge < -0.3 is 38.7 Å². The van der Waals surface area contributed by atoms with Crippen LogP contribution in [-0.4, -0.2) is 104 Å². The Morgan fingerprint density at radius 3 is 1.56 bits per heavy atom. The fourth-order valence-electron chi connectivity index (χ4n) is 5.00. The molecule has 0 bridgehead atoms. The van der Waals surface area contributed by atoms with E-state index in [4.69, 9.17) is 38.7 Å². The molecule has 6 aromatic rings. The second-order valence-corrected chi connectivity index (χ2v) is 10.2. The van der Waals surface area contributed by atoms with Gasteiger partial charge in [0.15, 0.2) is 6.29 Å². The van der Waals surface area contributed by atoms with Gasteiger partial charge in [0, 0.05) is 56.1 Å². The van der Waals surface area contributed by atoms with Crippen molar-refractivity contribution in [3.05, 3.63) is 72.3 Å². The number of aliphatic hydroxyl groups excluding tert-OH is 1. The minimum Gasteiger partial charge on any atom is -0.496 e. The number of carbonyl (C=O) groups excluding carboxylic acids is 1. The van der Waals surface area contributed by atoms with Crippen LogP contribution < -0.4 is 18.9 Å². The minimum absolute atomic E-state index is 0.250. The molecule has 0 radical (unpaired) electrons. The molecule has 0 aliphatic rings. The molecule has 0 atom stereocenters. The zero-order chi connectivity index (χ0) is 35.9. The highest BCUT2D eigenvalue weighted by Gasteiger charge is 2.18. The van der Waals surface area contributed by atoms with Crippen LogP contribution in [0.25, 0.3) is 43.6 Å². The summed E-state index contributed by atoms with van der Waals surface area (Å²) in [6.45, 7) is 3.67. The van der Waals surface area contributed by atoms with E-state index in [-0.39, 0.29) is 12.3 Å². The van der Waals surface area contributed by atoms with E-state index in [9.17, 15) is 4.79 Å². The summed E-state index contributed by atoms with van der Waals surface area (Å²) in [5, 5.41) is 22.6. The molecule has 2 aromatic carbocycles. The molecule has 262 valence electrons.